The van der Waals surface area contributed by atoms with Crippen LogP contribution in [0.3, 0.4) is 0 Å². The number of amides is 2. The number of hydrogen-bond acceptors (Lipinski definition) is 4. The first-order chi connectivity index (χ1) is 11.9. The fraction of sp³-hybridized carbons (Fsp3) is 0.500. The number of aryl methyl sites for hydroxylation is 1. The Morgan fingerprint density at radius 1 is 1.28 bits per heavy atom. The van der Waals surface area contributed by atoms with Crippen LogP contribution in [0.2, 0.25) is 0 Å². The van der Waals surface area contributed by atoms with Crippen molar-refractivity contribution < 1.29 is 24.2 Å². The van der Waals surface area contributed by atoms with Gasteiger partial charge in [-0.3, -0.25) is 14.4 Å². The molecule has 1 atom stereocenters. The van der Waals surface area contributed by atoms with Gasteiger partial charge in [-0.25, -0.2) is 0 Å². The zero-order chi connectivity index (χ0) is 18.4. The normalized spacial score (nSPS) is 17.2. The Morgan fingerprint density at radius 2 is 1.96 bits per heavy atom. The highest BCUT2D eigenvalue weighted by Crippen LogP contribution is 2.13. The number of aliphatic carboxylic acids is 1. The molecule has 0 aromatic heterocycles. The maximum Gasteiger partial charge on any atom is 0.323 e. The Kier molecular flexibility index (Phi) is 6.52. The van der Waals surface area contributed by atoms with Gasteiger partial charge in [-0.2, -0.15) is 0 Å². The highest BCUT2D eigenvalue weighted by molar-refractivity contribution is 5.94. The highest BCUT2D eigenvalue weighted by atomic mass is 16.5. The van der Waals surface area contributed by atoms with Crippen LogP contribution in [0.5, 0.6) is 0 Å². The van der Waals surface area contributed by atoms with Gasteiger partial charge in [0, 0.05) is 32.1 Å². The van der Waals surface area contributed by atoms with Gasteiger partial charge >= 0.3 is 5.97 Å². The molecule has 1 aliphatic heterocycles. The molecule has 7 heteroatoms. The van der Waals surface area contributed by atoms with Crippen molar-refractivity contribution in [2.24, 2.45) is 0 Å². The van der Waals surface area contributed by atoms with Gasteiger partial charge < -0.3 is 19.6 Å². The second kappa shape index (κ2) is 8.62. The summed E-state index contributed by atoms with van der Waals surface area (Å²) in [5, 5.41) is 8.89. The molecule has 0 radical (unpaired) electrons. The van der Waals surface area contributed by atoms with Gasteiger partial charge in [-0.05, 0) is 24.1 Å². The molecule has 1 unspecified atom stereocenters. The maximum absolute atomic E-state index is 12.6. The number of carboxylic acid groups (broad SMARTS) is 1. The summed E-state index contributed by atoms with van der Waals surface area (Å²) in [6, 6.07) is 7.51. The van der Waals surface area contributed by atoms with E-state index in [9.17, 15) is 14.4 Å². The van der Waals surface area contributed by atoms with Gasteiger partial charge in [0.25, 0.3) is 5.91 Å². The highest BCUT2D eigenvalue weighted by Gasteiger charge is 2.27. The number of morpholine rings is 1. The number of ether oxygens (including phenoxy) is 1. The Morgan fingerprint density at radius 3 is 2.52 bits per heavy atom. The van der Waals surface area contributed by atoms with E-state index in [1.54, 1.807) is 4.90 Å². The molecule has 136 valence electrons. The molecule has 0 aliphatic carbocycles. The average Bonchev–Trinajstić information content (AvgIpc) is 2.60. The van der Waals surface area contributed by atoms with Crippen molar-refractivity contribution in [1.82, 2.24) is 9.80 Å². The van der Waals surface area contributed by atoms with Crippen molar-refractivity contribution >= 4 is 17.8 Å². The minimum atomic E-state index is -1.07. The van der Waals surface area contributed by atoms with Crippen molar-refractivity contribution in [1.29, 1.82) is 0 Å². The lowest BCUT2D eigenvalue weighted by molar-refractivity contribution is -0.145. The van der Waals surface area contributed by atoms with Crippen LogP contribution in [0, 0.1) is 0 Å². The third-order valence-electron chi connectivity index (χ3n) is 4.23. The van der Waals surface area contributed by atoms with Crippen LogP contribution in [0.25, 0.3) is 0 Å². The number of carboxylic acids is 1. The third-order valence-corrected chi connectivity index (χ3v) is 4.23. The van der Waals surface area contributed by atoms with Gasteiger partial charge in [0.15, 0.2) is 0 Å². The van der Waals surface area contributed by atoms with Crippen LogP contribution in [-0.4, -0.2) is 71.6 Å². The van der Waals surface area contributed by atoms with Crippen molar-refractivity contribution in [3.05, 3.63) is 35.4 Å². The fourth-order valence-electron chi connectivity index (χ4n) is 2.79. The molecule has 1 saturated heterocycles. The maximum atomic E-state index is 12.6. The number of rotatable bonds is 6. The van der Waals surface area contributed by atoms with Crippen LogP contribution >= 0.6 is 0 Å². The van der Waals surface area contributed by atoms with Crippen LogP contribution in [0.1, 0.15) is 29.8 Å². The second-order valence-corrected chi connectivity index (χ2v) is 6.09. The Hall–Kier alpha value is -2.41. The van der Waals surface area contributed by atoms with E-state index in [0.717, 1.165) is 6.42 Å². The number of hydrogen-bond donors (Lipinski definition) is 1. The van der Waals surface area contributed by atoms with Gasteiger partial charge in [0.05, 0.1) is 12.7 Å². The molecular weight excluding hydrogens is 324 g/mol. The summed E-state index contributed by atoms with van der Waals surface area (Å²) < 4.78 is 5.61. The van der Waals surface area contributed by atoms with Crippen LogP contribution < -0.4 is 0 Å². The summed E-state index contributed by atoms with van der Waals surface area (Å²) in [5.41, 5.74) is 1.79. The molecular formula is C18H24N2O5. The third kappa shape index (κ3) is 5.29. The first-order valence-corrected chi connectivity index (χ1v) is 8.37. The van der Waals surface area contributed by atoms with E-state index in [1.807, 2.05) is 24.3 Å². The second-order valence-electron chi connectivity index (χ2n) is 6.09. The molecule has 0 bridgehead atoms. The molecule has 2 rings (SSSR count). The molecule has 1 aromatic carbocycles. The summed E-state index contributed by atoms with van der Waals surface area (Å²) in [4.78, 5) is 38.0. The van der Waals surface area contributed by atoms with Gasteiger partial charge in [0.1, 0.15) is 6.54 Å². The molecule has 0 spiro atoms. The van der Waals surface area contributed by atoms with Gasteiger partial charge in [-0.1, -0.05) is 19.1 Å². The standard InChI is InChI=1S/C18H24N2O5/c1-3-14-4-6-15(7-5-14)18(24)19-8-9-25-16(10-19)11-20(13(2)21)12-17(22)23/h4-7,16H,3,8-12H2,1-2H3,(H,22,23). The predicted octanol–water partition coefficient (Wildman–Crippen LogP) is 1.02. The van der Waals surface area contributed by atoms with Gasteiger partial charge in [0.2, 0.25) is 5.91 Å². The van der Waals surface area contributed by atoms with E-state index in [2.05, 4.69) is 6.92 Å². The molecule has 1 aliphatic rings. The summed E-state index contributed by atoms with van der Waals surface area (Å²) >= 11 is 0. The Bertz CT molecular complexity index is 629. The molecule has 7 nitrogen and oxygen atoms in total. The van der Waals surface area contributed by atoms with Crippen molar-refractivity contribution in [2.75, 3.05) is 32.8 Å². The molecule has 1 fully saturated rings. The molecule has 1 aromatic rings. The smallest absolute Gasteiger partial charge is 0.323 e. The number of carbonyl (C=O) groups excluding carboxylic acids is 2. The molecule has 1 N–H and O–H groups in total. The first-order valence-electron chi connectivity index (χ1n) is 8.37. The average molecular weight is 348 g/mol. The van der Waals surface area contributed by atoms with E-state index in [1.165, 1.54) is 17.4 Å². The molecule has 1 heterocycles. The minimum absolute atomic E-state index is 0.0800. The van der Waals surface area contributed by atoms with E-state index < -0.39 is 12.1 Å². The topological polar surface area (TPSA) is 87.2 Å². The van der Waals surface area contributed by atoms with Crippen LogP contribution in [-0.2, 0) is 20.7 Å². The SMILES string of the molecule is CCc1ccc(C(=O)N2CCOC(CN(CC(=O)O)C(C)=O)C2)cc1. The van der Waals surface area contributed by atoms with Crippen LogP contribution in [0.15, 0.2) is 24.3 Å². The van der Waals surface area contributed by atoms with Crippen molar-refractivity contribution in [3.63, 3.8) is 0 Å². The first kappa shape index (κ1) is 18.9. The van der Waals surface area contributed by atoms with Gasteiger partial charge in [-0.15, -0.1) is 0 Å². The van der Waals surface area contributed by atoms with E-state index >= 15 is 0 Å². The predicted molar refractivity (Wildman–Crippen MR) is 91.4 cm³/mol. The number of carbonyl (C=O) groups is 3. The molecule has 2 amide bonds. The number of benzene rings is 1. The van der Waals surface area contributed by atoms with E-state index in [-0.39, 0.29) is 24.9 Å². The summed E-state index contributed by atoms with van der Waals surface area (Å²) in [5.74, 6) is -1.48. The lowest BCUT2D eigenvalue weighted by atomic mass is 10.1. The zero-order valence-electron chi connectivity index (χ0n) is 14.6. The summed E-state index contributed by atoms with van der Waals surface area (Å²) in [6.45, 7) is 4.33. The monoisotopic (exact) mass is 348 g/mol. The summed E-state index contributed by atoms with van der Waals surface area (Å²) in [7, 11) is 0. The Labute approximate surface area is 147 Å². The van der Waals surface area contributed by atoms with Crippen molar-refractivity contribution in [3.8, 4) is 0 Å². The van der Waals surface area contributed by atoms with E-state index in [4.69, 9.17) is 9.84 Å². The quantitative estimate of drug-likeness (QED) is 0.829. The summed E-state index contributed by atoms with van der Waals surface area (Å²) in [6.07, 6.45) is 0.523. The minimum Gasteiger partial charge on any atom is -0.480 e. The zero-order valence-corrected chi connectivity index (χ0v) is 14.6. The number of nitrogens with zero attached hydrogens (tertiary/aromatic N) is 2. The molecule has 0 saturated carbocycles. The Balaban J connectivity index is 2.00. The lowest BCUT2D eigenvalue weighted by Crippen LogP contribution is -2.51. The largest absolute Gasteiger partial charge is 0.480 e. The van der Waals surface area contributed by atoms with Crippen molar-refractivity contribution in [2.45, 2.75) is 26.4 Å². The molecule has 25 heavy (non-hydrogen) atoms. The van der Waals surface area contributed by atoms with Crippen LogP contribution in [0.4, 0.5) is 0 Å². The fourth-order valence-corrected chi connectivity index (χ4v) is 2.79. The van der Waals surface area contributed by atoms with E-state index in [0.29, 0.717) is 25.3 Å². The lowest BCUT2D eigenvalue weighted by Gasteiger charge is -2.35.